The van der Waals surface area contributed by atoms with Crippen molar-refractivity contribution in [3.63, 3.8) is 0 Å². The van der Waals surface area contributed by atoms with Crippen molar-refractivity contribution in [2.45, 2.75) is 82.5 Å². The van der Waals surface area contributed by atoms with E-state index in [2.05, 4.69) is 9.88 Å². The minimum absolute atomic E-state index is 0.0251. The van der Waals surface area contributed by atoms with Crippen LogP contribution in [0.4, 0.5) is 26.3 Å². The lowest BCUT2D eigenvalue weighted by atomic mass is 9.77. The smallest absolute Gasteiger partial charge is 0.361 e. The number of piperidine rings is 2. The monoisotopic (exact) mass is 679 g/mol. The van der Waals surface area contributed by atoms with Crippen molar-refractivity contribution < 1.29 is 40.7 Å². The van der Waals surface area contributed by atoms with Crippen LogP contribution in [0.5, 0.6) is 0 Å². The summed E-state index contributed by atoms with van der Waals surface area (Å²) in [5.74, 6) is -2.78. The normalized spacial score (nSPS) is 19.2. The van der Waals surface area contributed by atoms with Gasteiger partial charge in [0.1, 0.15) is 0 Å². The molecule has 2 atom stereocenters. The molecule has 2 amide bonds. The number of hydrogen-bond acceptors (Lipinski definition) is 6. The van der Waals surface area contributed by atoms with Crippen molar-refractivity contribution in [3.05, 3.63) is 70.9 Å². The number of aromatic nitrogens is 1. The van der Waals surface area contributed by atoms with E-state index >= 15 is 0 Å². The molecule has 0 spiro atoms. The number of nitrogens with zero attached hydrogens (tertiary/aromatic N) is 3. The molecule has 14 heteroatoms. The minimum Gasteiger partial charge on any atom is -0.361 e. The first kappa shape index (κ1) is 35.6. The maximum Gasteiger partial charge on any atom is 0.416 e. The number of halogens is 6. The van der Waals surface area contributed by atoms with Gasteiger partial charge in [-0.1, -0.05) is 24.6 Å². The number of benzene rings is 2. The molecule has 1 aromatic heterocycles. The Morgan fingerprint density at radius 3 is 2.02 bits per heavy atom. The molecule has 2 unspecified atom stereocenters. The lowest BCUT2D eigenvalue weighted by molar-refractivity contribution is -0.160. The molecule has 260 valence electrons. The number of nitrogens with two attached hydrogens (primary N) is 1. The standard InChI is InChI=1S/C34H39F6N5O3/c1-21(46)32(30(41)28-19-42-29-9-5-4-8-27(28)29,44-14-10-26(11-15-44)43-12-6-3-7-13-43)31(48)45(22(2)47)20-23-16-24(33(35,36)37)18-25(17-23)34(38,39)40/h4-5,8-9,16-19,26,30,42H,3,6-7,10-15,20,41H2,1-2H3. The molecule has 48 heavy (non-hydrogen) atoms. The van der Waals surface area contributed by atoms with Gasteiger partial charge in [0.15, 0.2) is 11.3 Å². The fourth-order valence-corrected chi connectivity index (χ4v) is 7.33. The van der Waals surface area contributed by atoms with E-state index in [1.807, 2.05) is 0 Å². The number of Topliss-reactive ketones (excluding diaryl/α,β-unsaturated/α-hetero) is 1. The van der Waals surface area contributed by atoms with Crippen LogP contribution in [0.2, 0.25) is 0 Å². The lowest BCUT2D eigenvalue weighted by Crippen LogP contribution is -2.70. The van der Waals surface area contributed by atoms with E-state index < -0.39 is 64.8 Å². The second-order valence-electron chi connectivity index (χ2n) is 12.7. The van der Waals surface area contributed by atoms with E-state index in [1.165, 1.54) is 6.92 Å². The Kier molecular flexibility index (Phi) is 10.1. The summed E-state index contributed by atoms with van der Waals surface area (Å²) in [4.78, 5) is 49.7. The van der Waals surface area contributed by atoms with Crippen LogP contribution >= 0.6 is 0 Å². The van der Waals surface area contributed by atoms with Crippen LogP contribution in [0.1, 0.15) is 74.2 Å². The van der Waals surface area contributed by atoms with E-state index in [-0.39, 0.29) is 25.2 Å². The van der Waals surface area contributed by atoms with Gasteiger partial charge in [0, 0.05) is 43.2 Å². The Labute approximate surface area is 274 Å². The molecule has 0 radical (unpaired) electrons. The van der Waals surface area contributed by atoms with Crippen LogP contribution in [0, 0.1) is 0 Å². The largest absolute Gasteiger partial charge is 0.416 e. The number of ketones is 1. The number of carbonyl (C=O) groups is 3. The van der Waals surface area contributed by atoms with Crippen LogP contribution in [0.15, 0.2) is 48.7 Å². The van der Waals surface area contributed by atoms with E-state index in [1.54, 1.807) is 35.4 Å². The predicted octanol–water partition coefficient (Wildman–Crippen LogP) is 6.06. The first-order valence-electron chi connectivity index (χ1n) is 16.0. The van der Waals surface area contributed by atoms with Gasteiger partial charge in [0.05, 0.1) is 23.7 Å². The van der Waals surface area contributed by atoms with Gasteiger partial charge in [0.25, 0.3) is 5.91 Å². The second kappa shape index (κ2) is 13.6. The summed E-state index contributed by atoms with van der Waals surface area (Å²) in [6, 6.07) is 6.81. The van der Waals surface area contributed by atoms with Crippen molar-refractivity contribution in [1.29, 1.82) is 0 Å². The van der Waals surface area contributed by atoms with Crippen molar-refractivity contribution in [2.75, 3.05) is 26.2 Å². The van der Waals surface area contributed by atoms with Gasteiger partial charge in [-0.3, -0.25) is 24.2 Å². The number of para-hydroxylation sites is 1. The quantitative estimate of drug-likeness (QED) is 0.222. The maximum atomic E-state index is 14.9. The number of likely N-dealkylation sites (tertiary alicyclic amines) is 2. The Hall–Kier alpha value is -3.75. The Morgan fingerprint density at radius 2 is 1.48 bits per heavy atom. The molecule has 2 aliphatic rings. The van der Waals surface area contributed by atoms with Gasteiger partial charge in [0.2, 0.25) is 5.91 Å². The summed E-state index contributed by atoms with van der Waals surface area (Å²) in [5, 5.41) is 0.619. The number of fused-ring (bicyclic) bond motifs is 1. The third-order valence-electron chi connectivity index (χ3n) is 9.75. The molecular weight excluding hydrogens is 640 g/mol. The van der Waals surface area contributed by atoms with Crippen LogP contribution in [-0.2, 0) is 33.3 Å². The zero-order chi connectivity index (χ0) is 35.0. The van der Waals surface area contributed by atoms with Crippen molar-refractivity contribution in [1.82, 2.24) is 19.7 Å². The van der Waals surface area contributed by atoms with E-state index in [0.29, 0.717) is 46.3 Å². The van der Waals surface area contributed by atoms with Crippen molar-refractivity contribution in [2.24, 2.45) is 5.73 Å². The van der Waals surface area contributed by atoms with Gasteiger partial charge in [-0.25, -0.2) is 0 Å². The summed E-state index contributed by atoms with van der Waals surface area (Å²) in [7, 11) is 0. The van der Waals surface area contributed by atoms with E-state index in [9.17, 15) is 40.7 Å². The first-order chi connectivity index (χ1) is 22.5. The number of amides is 2. The zero-order valence-electron chi connectivity index (χ0n) is 26.8. The van der Waals surface area contributed by atoms with E-state index in [4.69, 9.17) is 5.73 Å². The predicted molar refractivity (Wildman–Crippen MR) is 166 cm³/mol. The number of hydrogen-bond donors (Lipinski definition) is 2. The molecule has 3 N–H and O–H groups in total. The number of nitrogens with one attached hydrogen (secondary N) is 1. The highest BCUT2D eigenvalue weighted by Crippen LogP contribution is 2.40. The van der Waals surface area contributed by atoms with E-state index in [0.717, 1.165) is 39.3 Å². The molecule has 2 aliphatic heterocycles. The number of imide groups is 1. The zero-order valence-corrected chi connectivity index (χ0v) is 26.8. The number of aromatic amines is 1. The lowest BCUT2D eigenvalue weighted by Gasteiger charge is -2.50. The average Bonchev–Trinajstić information content (AvgIpc) is 3.47. The molecule has 0 aliphatic carbocycles. The molecule has 0 saturated carbocycles. The van der Waals surface area contributed by atoms with Crippen molar-refractivity contribution >= 4 is 28.5 Å². The minimum atomic E-state index is -5.14. The third kappa shape index (κ3) is 6.88. The summed E-state index contributed by atoms with van der Waals surface area (Å²) in [6.07, 6.45) is -4.24. The van der Waals surface area contributed by atoms with Gasteiger partial charge >= 0.3 is 12.4 Å². The van der Waals surface area contributed by atoms with Gasteiger partial charge in [-0.2, -0.15) is 26.3 Å². The van der Waals surface area contributed by atoms with Crippen LogP contribution in [-0.4, -0.2) is 75.0 Å². The maximum absolute atomic E-state index is 14.9. The van der Waals surface area contributed by atoms with Gasteiger partial charge in [-0.15, -0.1) is 0 Å². The van der Waals surface area contributed by atoms with Gasteiger partial charge in [-0.05, 0) is 81.1 Å². The number of carbonyl (C=O) groups excluding carboxylic acids is 3. The molecule has 3 aromatic rings. The number of H-pyrrole nitrogens is 1. The summed E-state index contributed by atoms with van der Waals surface area (Å²) in [6.45, 7) is 3.57. The first-order valence-corrected chi connectivity index (χ1v) is 16.0. The molecule has 2 aromatic carbocycles. The molecule has 2 fully saturated rings. The highest BCUT2D eigenvalue weighted by Gasteiger charge is 2.57. The molecule has 0 bridgehead atoms. The molecular formula is C34H39F6N5O3. The summed E-state index contributed by atoms with van der Waals surface area (Å²) in [5.41, 5.74) is 2.04. The second-order valence-corrected chi connectivity index (χ2v) is 12.7. The Morgan fingerprint density at radius 1 is 0.896 bits per heavy atom. The average molecular weight is 680 g/mol. The Bertz CT molecular complexity index is 1620. The molecule has 3 heterocycles. The SMILES string of the molecule is CC(=O)N(Cc1cc(C(F)(F)F)cc(C(F)(F)F)c1)C(=O)C(C(C)=O)(C(N)c1c[nH]c2ccccc12)N1CCC(N2CCCCC2)CC1. The highest BCUT2D eigenvalue weighted by molar-refractivity contribution is 6.15. The Balaban J connectivity index is 1.60. The van der Waals surface area contributed by atoms with Crippen LogP contribution < -0.4 is 5.73 Å². The molecule has 5 rings (SSSR count). The van der Waals surface area contributed by atoms with Gasteiger partial charge < -0.3 is 15.6 Å². The summed E-state index contributed by atoms with van der Waals surface area (Å²) >= 11 is 0. The molecule has 8 nitrogen and oxygen atoms in total. The third-order valence-corrected chi connectivity index (χ3v) is 9.75. The fraction of sp³-hybridized carbons (Fsp3) is 0.500. The highest BCUT2D eigenvalue weighted by atomic mass is 19.4. The number of rotatable bonds is 8. The number of alkyl halides is 6. The van der Waals surface area contributed by atoms with Crippen molar-refractivity contribution in [3.8, 4) is 0 Å². The fourth-order valence-electron chi connectivity index (χ4n) is 7.33. The molecule has 2 saturated heterocycles. The van der Waals surface area contributed by atoms with Crippen LogP contribution in [0.3, 0.4) is 0 Å². The van der Waals surface area contributed by atoms with Crippen LogP contribution in [0.25, 0.3) is 10.9 Å². The summed E-state index contributed by atoms with van der Waals surface area (Å²) < 4.78 is 82.2. The topological polar surface area (TPSA) is 103 Å².